The number of hydrogen-bond acceptors (Lipinski definition) is 5. The Bertz CT molecular complexity index is 1190. The van der Waals surface area contributed by atoms with E-state index in [0.29, 0.717) is 6.61 Å². The number of aromatic nitrogens is 2. The Kier molecular flexibility index (Phi) is 5.66. The molecule has 1 atom stereocenters. The first-order valence-electron chi connectivity index (χ1n) is 11.9. The lowest BCUT2D eigenvalue weighted by Gasteiger charge is -2.27. The first-order valence-corrected chi connectivity index (χ1v) is 11.9. The summed E-state index contributed by atoms with van der Waals surface area (Å²) >= 11 is 0. The lowest BCUT2D eigenvalue weighted by Crippen LogP contribution is -2.35. The van der Waals surface area contributed by atoms with Gasteiger partial charge in [0.1, 0.15) is 11.7 Å². The first kappa shape index (κ1) is 21.6. The molecule has 3 aromatic rings. The van der Waals surface area contributed by atoms with Crippen LogP contribution in [0.2, 0.25) is 0 Å². The van der Waals surface area contributed by atoms with Gasteiger partial charge in [-0.15, -0.1) is 0 Å². The summed E-state index contributed by atoms with van der Waals surface area (Å²) in [7, 11) is 0. The van der Waals surface area contributed by atoms with Crippen LogP contribution in [0.3, 0.4) is 0 Å². The predicted molar refractivity (Wildman–Crippen MR) is 128 cm³/mol. The highest BCUT2D eigenvalue weighted by Gasteiger charge is 2.44. The molecule has 1 aliphatic carbocycles. The fraction of sp³-hybridized carbons (Fsp3) is 0.423. The number of fused-ring (bicyclic) bond motifs is 3. The molecule has 2 aliphatic rings. The molecule has 2 aromatic carbocycles. The minimum absolute atomic E-state index is 0.0813. The second kappa shape index (κ2) is 8.63. The van der Waals surface area contributed by atoms with Crippen molar-refractivity contribution < 1.29 is 9.53 Å². The van der Waals surface area contributed by atoms with E-state index in [0.717, 1.165) is 73.2 Å². The van der Waals surface area contributed by atoms with E-state index in [1.165, 1.54) is 5.56 Å². The molecule has 172 valence electrons. The van der Waals surface area contributed by atoms with Crippen molar-refractivity contribution in [2.24, 2.45) is 5.73 Å². The molecule has 33 heavy (non-hydrogen) atoms. The monoisotopic (exact) mass is 445 g/mol. The van der Waals surface area contributed by atoms with Gasteiger partial charge in [0.05, 0.1) is 29.1 Å². The summed E-state index contributed by atoms with van der Waals surface area (Å²) in [5, 5.41) is 11.2. The number of amidine groups is 1. The summed E-state index contributed by atoms with van der Waals surface area (Å²) in [6, 6.07) is 14.3. The molecule has 1 aliphatic heterocycles. The topological polar surface area (TPSA) is 106 Å². The van der Waals surface area contributed by atoms with E-state index in [2.05, 4.69) is 28.1 Å². The van der Waals surface area contributed by atoms with Crippen LogP contribution < -0.4 is 11.1 Å². The zero-order valence-electron chi connectivity index (χ0n) is 19.1. The summed E-state index contributed by atoms with van der Waals surface area (Å²) in [4.78, 5) is 18.0. The summed E-state index contributed by atoms with van der Waals surface area (Å²) in [6.07, 6.45) is 4.58. The fourth-order valence-corrected chi connectivity index (χ4v) is 5.47. The SMILES string of the molecule is CCOC(=O)C1(c2ccc3c(c2)nc2n3CCNC2Cc2ccc(C(=N)N)cc2)CCCC1. The molecule has 1 aromatic heterocycles. The number of nitrogens with zero attached hydrogens (tertiary/aromatic N) is 2. The quantitative estimate of drug-likeness (QED) is 0.305. The number of esters is 1. The van der Waals surface area contributed by atoms with Gasteiger partial charge in [-0.1, -0.05) is 43.2 Å². The molecule has 5 rings (SSSR count). The highest BCUT2D eigenvalue weighted by Crippen LogP contribution is 2.43. The first-order chi connectivity index (χ1) is 16.0. The lowest BCUT2D eigenvalue weighted by atomic mass is 9.79. The molecule has 2 heterocycles. The van der Waals surface area contributed by atoms with Gasteiger partial charge in [-0.25, -0.2) is 4.98 Å². The van der Waals surface area contributed by atoms with Crippen LogP contribution in [-0.4, -0.2) is 34.5 Å². The number of benzene rings is 2. The number of carbonyl (C=O) groups is 1. The third-order valence-corrected chi connectivity index (χ3v) is 7.20. The zero-order chi connectivity index (χ0) is 23.0. The maximum absolute atomic E-state index is 12.9. The average molecular weight is 446 g/mol. The molecule has 0 radical (unpaired) electrons. The maximum atomic E-state index is 12.9. The van der Waals surface area contributed by atoms with Gasteiger partial charge in [0.25, 0.3) is 0 Å². The van der Waals surface area contributed by atoms with E-state index in [1.807, 2.05) is 31.2 Å². The summed E-state index contributed by atoms with van der Waals surface area (Å²) in [5.74, 6) is 1.01. The van der Waals surface area contributed by atoms with Crippen molar-refractivity contribution in [3.05, 3.63) is 65.0 Å². The molecular weight excluding hydrogens is 414 g/mol. The Labute approximate surface area is 193 Å². The van der Waals surface area contributed by atoms with Crippen molar-refractivity contribution in [2.75, 3.05) is 13.2 Å². The fourth-order valence-electron chi connectivity index (χ4n) is 5.47. The minimum atomic E-state index is -0.537. The second-order valence-electron chi connectivity index (χ2n) is 9.16. The smallest absolute Gasteiger partial charge is 0.316 e. The van der Waals surface area contributed by atoms with Crippen LogP contribution in [0, 0.1) is 5.41 Å². The van der Waals surface area contributed by atoms with Crippen molar-refractivity contribution in [2.45, 2.75) is 57.0 Å². The zero-order valence-corrected chi connectivity index (χ0v) is 19.1. The molecule has 7 heteroatoms. The van der Waals surface area contributed by atoms with Crippen molar-refractivity contribution in [3.8, 4) is 0 Å². The van der Waals surface area contributed by atoms with Crippen LogP contribution in [0.5, 0.6) is 0 Å². The highest BCUT2D eigenvalue weighted by atomic mass is 16.5. The molecular formula is C26H31N5O2. The van der Waals surface area contributed by atoms with Crippen molar-refractivity contribution >= 4 is 22.8 Å². The third-order valence-electron chi connectivity index (χ3n) is 7.20. The van der Waals surface area contributed by atoms with Crippen LogP contribution in [-0.2, 0) is 27.9 Å². The van der Waals surface area contributed by atoms with E-state index < -0.39 is 5.41 Å². The predicted octanol–water partition coefficient (Wildman–Crippen LogP) is 3.58. The third kappa shape index (κ3) is 3.80. The number of ether oxygens (including phenoxy) is 1. The molecule has 1 unspecified atom stereocenters. The molecule has 0 amide bonds. The van der Waals surface area contributed by atoms with Gasteiger partial charge < -0.3 is 20.4 Å². The van der Waals surface area contributed by atoms with Gasteiger partial charge in [-0.3, -0.25) is 10.2 Å². The van der Waals surface area contributed by atoms with Crippen LogP contribution >= 0.6 is 0 Å². The minimum Gasteiger partial charge on any atom is -0.465 e. The van der Waals surface area contributed by atoms with Crippen molar-refractivity contribution in [1.82, 2.24) is 14.9 Å². The number of nitrogens with one attached hydrogen (secondary N) is 2. The summed E-state index contributed by atoms with van der Waals surface area (Å²) in [6.45, 7) is 4.02. The average Bonchev–Trinajstić information content (AvgIpc) is 3.46. The number of nitrogen functional groups attached to an aromatic ring is 1. The summed E-state index contributed by atoms with van der Waals surface area (Å²) in [5.41, 5.74) is 10.0. The largest absolute Gasteiger partial charge is 0.465 e. The standard InChI is InChI=1S/C26H31N5O2/c1-2-33-25(32)26(11-3-4-12-26)19-9-10-22-20(16-19)30-24-21(29-13-14-31(22)24)15-17-5-7-18(8-6-17)23(27)28/h5-10,16,21,29H,2-4,11-15H2,1H3,(H3,27,28). The van der Waals surface area contributed by atoms with E-state index in [1.54, 1.807) is 0 Å². The van der Waals surface area contributed by atoms with Gasteiger partial charge in [-0.05, 0) is 49.4 Å². The van der Waals surface area contributed by atoms with E-state index in [4.69, 9.17) is 20.9 Å². The molecule has 1 fully saturated rings. The Hall–Kier alpha value is -3.19. The lowest BCUT2D eigenvalue weighted by molar-refractivity contribution is -0.150. The van der Waals surface area contributed by atoms with E-state index in [9.17, 15) is 4.79 Å². The normalized spacial score (nSPS) is 19.4. The van der Waals surface area contributed by atoms with Crippen molar-refractivity contribution in [3.63, 3.8) is 0 Å². The Balaban J connectivity index is 1.48. The number of imidazole rings is 1. The van der Waals surface area contributed by atoms with Gasteiger partial charge in [0, 0.05) is 18.7 Å². The molecule has 1 saturated carbocycles. The Morgan fingerprint density at radius 2 is 2.00 bits per heavy atom. The Morgan fingerprint density at radius 3 is 2.70 bits per heavy atom. The van der Waals surface area contributed by atoms with Gasteiger partial charge in [-0.2, -0.15) is 0 Å². The number of nitrogens with two attached hydrogens (primary N) is 1. The van der Waals surface area contributed by atoms with Gasteiger partial charge in [0.15, 0.2) is 0 Å². The van der Waals surface area contributed by atoms with Crippen LogP contribution in [0.4, 0.5) is 0 Å². The number of hydrogen-bond donors (Lipinski definition) is 3. The molecule has 4 N–H and O–H groups in total. The van der Waals surface area contributed by atoms with Gasteiger partial charge in [0.2, 0.25) is 0 Å². The van der Waals surface area contributed by atoms with Gasteiger partial charge >= 0.3 is 5.97 Å². The van der Waals surface area contributed by atoms with Crippen molar-refractivity contribution in [1.29, 1.82) is 5.41 Å². The van der Waals surface area contributed by atoms with Crippen LogP contribution in [0.1, 0.15) is 61.2 Å². The second-order valence-corrected chi connectivity index (χ2v) is 9.16. The molecule has 7 nitrogen and oxygen atoms in total. The number of rotatable bonds is 6. The van der Waals surface area contributed by atoms with E-state index in [-0.39, 0.29) is 17.8 Å². The Morgan fingerprint density at radius 1 is 1.24 bits per heavy atom. The molecule has 0 saturated heterocycles. The molecule has 0 bridgehead atoms. The summed E-state index contributed by atoms with van der Waals surface area (Å²) < 4.78 is 7.79. The number of carbonyl (C=O) groups excluding carboxylic acids is 1. The highest BCUT2D eigenvalue weighted by molar-refractivity contribution is 5.94. The van der Waals surface area contributed by atoms with Crippen LogP contribution in [0.25, 0.3) is 11.0 Å². The van der Waals surface area contributed by atoms with Crippen LogP contribution in [0.15, 0.2) is 42.5 Å². The maximum Gasteiger partial charge on any atom is 0.316 e. The van der Waals surface area contributed by atoms with E-state index >= 15 is 0 Å². The molecule has 0 spiro atoms.